The first kappa shape index (κ1) is 13.8. The van der Waals surface area contributed by atoms with Crippen LogP contribution < -0.4 is 5.32 Å². The van der Waals surface area contributed by atoms with Gasteiger partial charge in [0.05, 0.1) is 0 Å². The van der Waals surface area contributed by atoms with E-state index in [0.29, 0.717) is 12.6 Å². The molecule has 0 spiro atoms. The van der Waals surface area contributed by atoms with Crippen LogP contribution in [0.15, 0.2) is 12.1 Å². The van der Waals surface area contributed by atoms with Crippen molar-refractivity contribution in [3.8, 4) is 0 Å². The third-order valence-corrected chi connectivity index (χ3v) is 4.43. The molecule has 0 unspecified atom stereocenters. The Morgan fingerprint density at radius 3 is 2.50 bits per heavy atom. The number of nitrogens with zero attached hydrogens (tertiary/aromatic N) is 1. The fourth-order valence-corrected chi connectivity index (χ4v) is 3.13. The number of likely N-dealkylation sites (tertiary alicyclic amines) is 1. The summed E-state index contributed by atoms with van der Waals surface area (Å²) in [6, 6.07) is 3.33. The molecule has 0 aromatic carbocycles. The molecule has 0 radical (unpaired) electrons. The van der Waals surface area contributed by atoms with Gasteiger partial charge in [0.1, 0.15) is 4.88 Å². The molecular formula is C12H17F3N2S. The van der Waals surface area contributed by atoms with Crippen molar-refractivity contribution in [3.05, 3.63) is 21.9 Å². The van der Waals surface area contributed by atoms with E-state index in [1.165, 1.54) is 6.07 Å². The number of hydrogen-bond donors (Lipinski definition) is 1. The molecule has 0 atom stereocenters. The summed E-state index contributed by atoms with van der Waals surface area (Å²) in [5.41, 5.74) is 0. The normalized spacial score (nSPS) is 19.3. The van der Waals surface area contributed by atoms with E-state index in [2.05, 4.69) is 10.2 Å². The maximum Gasteiger partial charge on any atom is 0.425 e. The largest absolute Gasteiger partial charge is 0.425 e. The number of thiophene rings is 1. The van der Waals surface area contributed by atoms with Gasteiger partial charge >= 0.3 is 6.18 Å². The van der Waals surface area contributed by atoms with Gasteiger partial charge in [0.15, 0.2) is 0 Å². The van der Waals surface area contributed by atoms with Crippen molar-refractivity contribution in [2.24, 2.45) is 0 Å². The number of halogens is 3. The van der Waals surface area contributed by atoms with E-state index in [-0.39, 0.29) is 0 Å². The van der Waals surface area contributed by atoms with Gasteiger partial charge in [-0.1, -0.05) is 0 Å². The van der Waals surface area contributed by atoms with Crippen molar-refractivity contribution in [2.75, 3.05) is 20.1 Å². The Morgan fingerprint density at radius 1 is 1.33 bits per heavy atom. The molecule has 102 valence electrons. The van der Waals surface area contributed by atoms with Crippen LogP contribution in [0.2, 0.25) is 0 Å². The smallest absolute Gasteiger partial charge is 0.317 e. The van der Waals surface area contributed by atoms with Gasteiger partial charge in [-0.2, -0.15) is 13.2 Å². The highest BCUT2D eigenvalue weighted by Crippen LogP contribution is 2.35. The Hall–Kier alpha value is -0.590. The first-order valence-corrected chi connectivity index (χ1v) is 6.86. The summed E-state index contributed by atoms with van der Waals surface area (Å²) in [5, 5.41) is 3.24. The van der Waals surface area contributed by atoms with Crippen LogP contribution in [-0.4, -0.2) is 31.1 Å². The van der Waals surface area contributed by atoms with Crippen LogP contribution >= 0.6 is 11.3 Å². The van der Waals surface area contributed by atoms with Gasteiger partial charge in [0.2, 0.25) is 0 Å². The molecule has 2 nitrogen and oxygen atoms in total. The second kappa shape index (κ2) is 5.59. The third-order valence-electron chi connectivity index (χ3n) is 3.32. The average molecular weight is 278 g/mol. The molecule has 0 bridgehead atoms. The number of hydrogen-bond acceptors (Lipinski definition) is 3. The van der Waals surface area contributed by atoms with Gasteiger partial charge < -0.3 is 5.32 Å². The first-order valence-electron chi connectivity index (χ1n) is 6.04. The lowest BCUT2D eigenvalue weighted by Gasteiger charge is -2.31. The highest BCUT2D eigenvalue weighted by atomic mass is 32.1. The fourth-order valence-electron chi connectivity index (χ4n) is 2.22. The molecule has 1 saturated heterocycles. The molecule has 2 rings (SSSR count). The maximum absolute atomic E-state index is 12.5. The van der Waals surface area contributed by atoms with Crippen LogP contribution in [0.1, 0.15) is 22.6 Å². The zero-order valence-electron chi connectivity index (χ0n) is 10.3. The van der Waals surface area contributed by atoms with Gasteiger partial charge in [0.25, 0.3) is 0 Å². The Kier molecular flexibility index (Phi) is 4.29. The predicted octanol–water partition coefficient (Wildman–Crippen LogP) is 2.95. The van der Waals surface area contributed by atoms with Crippen molar-refractivity contribution in [1.29, 1.82) is 0 Å². The molecule has 6 heteroatoms. The number of nitrogens with one attached hydrogen (secondary N) is 1. The van der Waals surface area contributed by atoms with E-state index < -0.39 is 11.1 Å². The van der Waals surface area contributed by atoms with Crippen molar-refractivity contribution >= 4 is 11.3 Å². The van der Waals surface area contributed by atoms with Crippen molar-refractivity contribution in [3.63, 3.8) is 0 Å². The van der Waals surface area contributed by atoms with E-state index in [4.69, 9.17) is 0 Å². The minimum Gasteiger partial charge on any atom is -0.317 e. The monoisotopic (exact) mass is 278 g/mol. The second-order valence-corrected chi connectivity index (χ2v) is 5.77. The number of alkyl halides is 3. The van der Waals surface area contributed by atoms with Gasteiger partial charge in [0, 0.05) is 17.5 Å². The van der Waals surface area contributed by atoms with E-state index >= 15 is 0 Å². The topological polar surface area (TPSA) is 15.3 Å². The Balaban J connectivity index is 1.89. The SMILES string of the molecule is CNC1CCN(Cc2ccc(C(F)(F)F)s2)CC1. The molecule has 1 aliphatic rings. The zero-order valence-corrected chi connectivity index (χ0v) is 11.1. The van der Waals surface area contributed by atoms with Gasteiger partial charge in [-0.05, 0) is 45.1 Å². The Bertz CT molecular complexity index is 381. The van der Waals surface area contributed by atoms with Gasteiger partial charge in [-0.25, -0.2) is 0 Å². The van der Waals surface area contributed by atoms with Crippen molar-refractivity contribution in [2.45, 2.75) is 31.6 Å². The highest BCUT2D eigenvalue weighted by molar-refractivity contribution is 7.12. The molecule has 1 aromatic heterocycles. The molecule has 2 heterocycles. The van der Waals surface area contributed by atoms with Crippen molar-refractivity contribution < 1.29 is 13.2 Å². The summed E-state index contributed by atoms with van der Waals surface area (Å²) in [5.74, 6) is 0. The van der Waals surface area contributed by atoms with Crippen LogP contribution in [0.4, 0.5) is 13.2 Å². The summed E-state index contributed by atoms with van der Waals surface area (Å²) in [6.45, 7) is 2.53. The zero-order chi connectivity index (χ0) is 13.2. The average Bonchev–Trinajstić information content (AvgIpc) is 2.78. The summed E-state index contributed by atoms with van der Waals surface area (Å²) >= 11 is 0.858. The van der Waals surface area contributed by atoms with E-state index in [1.807, 2.05) is 7.05 Å². The summed E-state index contributed by atoms with van der Waals surface area (Å²) in [7, 11) is 1.95. The lowest BCUT2D eigenvalue weighted by atomic mass is 10.1. The van der Waals surface area contributed by atoms with Crippen LogP contribution in [-0.2, 0) is 12.7 Å². The van der Waals surface area contributed by atoms with Crippen LogP contribution in [0.3, 0.4) is 0 Å². The quantitative estimate of drug-likeness (QED) is 0.914. The van der Waals surface area contributed by atoms with Crippen LogP contribution in [0.25, 0.3) is 0 Å². The van der Waals surface area contributed by atoms with Crippen LogP contribution in [0, 0.1) is 0 Å². The van der Waals surface area contributed by atoms with E-state index in [1.54, 1.807) is 6.07 Å². The summed E-state index contributed by atoms with van der Waals surface area (Å²) in [6.07, 6.45) is -2.08. The predicted molar refractivity (Wildman–Crippen MR) is 66.7 cm³/mol. The molecule has 1 aromatic rings. The molecule has 1 N–H and O–H groups in total. The molecule has 0 aliphatic carbocycles. The third kappa shape index (κ3) is 3.46. The second-order valence-electron chi connectivity index (χ2n) is 4.60. The summed E-state index contributed by atoms with van der Waals surface area (Å²) < 4.78 is 37.4. The minimum atomic E-state index is -4.21. The minimum absolute atomic E-state index is 0.498. The maximum atomic E-state index is 12.5. The number of piperidine rings is 1. The molecule has 0 saturated carbocycles. The molecule has 1 fully saturated rings. The van der Waals surface area contributed by atoms with E-state index in [0.717, 1.165) is 42.1 Å². The lowest BCUT2D eigenvalue weighted by molar-refractivity contribution is -0.134. The Labute approximate surface area is 109 Å². The number of rotatable bonds is 3. The highest BCUT2D eigenvalue weighted by Gasteiger charge is 2.32. The van der Waals surface area contributed by atoms with Crippen molar-refractivity contribution in [1.82, 2.24) is 10.2 Å². The molecule has 0 amide bonds. The summed E-state index contributed by atoms with van der Waals surface area (Å²) in [4.78, 5) is 2.52. The van der Waals surface area contributed by atoms with Gasteiger partial charge in [-0.15, -0.1) is 11.3 Å². The fraction of sp³-hybridized carbons (Fsp3) is 0.667. The molecule has 18 heavy (non-hydrogen) atoms. The van der Waals surface area contributed by atoms with Crippen LogP contribution in [0.5, 0.6) is 0 Å². The molecular weight excluding hydrogens is 261 g/mol. The van der Waals surface area contributed by atoms with E-state index in [9.17, 15) is 13.2 Å². The lowest BCUT2D eigenvalue weighted by Crippen LogP contribution is -2.40. The Morgan fingerprint density at radius 2 is 2.00 bits per heavy atom. The molecule has 1 aliphatic heterocycles. The van der Waals surface area contributed by atoms with Gasteiger partial charge in [-0.3, -0.25) is 4.90 Å². The standard InChI is InChI=1S/C12H17F3N2S/c1-16-9-4-6-17(7-5-9)8-10-2-3-11(18-10)12(13,14)15/h2-3,9,16H,4-8H2,1H3. The first-order chi connectivity index (χ1) is 8.49.